The molecule has 1 aromatic carbocycles. The standard InChI is InChI=1S/C25H48O3SSi2/c1-8-30(9-2,10-3)27-20-23(7)19-24(21-28-31(11-4,12-5)13-6)22-29(26)25-17-15-14-16-18-25/h14-18,23-24H,8-13,19-22H2,1-7H3/t23-,24-,29?/m1/s1. The molecule has 0 spiro atoms. The van der Waals surface area contributed by atoms with Crippen molar-refractivity contribution >= 4 is 27.4 Å². The summed E-state index contributed by atoms with van der Waals surface area (Å²) < 4.78 is 26.3. The average Bonchev–Trinajstić information content (AvgIpc) is 2.82. The largest absolute Gasteiger partial charge is 0.417 e. The highest BCUT2D eigenvalue weighted by Gasteiger charge is 2.32. The highest BCUT2D eigenvalue weighted by Crippen LogP contribution is 2.27. The molecule has 0 radical (unpaired) electrons. The molecular weight excluding hydrogens is 437 g/mol. The SMILES string of the molecule is CC[Si](CC)(CC)OC[C@H](C)C[C@H](CO[Si](CC)(CC)CC)CS(=O)c1ccccc1. The Morgan fingerprint density at radius 1 is 0.774 bits per heavy atom. The van der Waals surface area contributed by atoms with Crippen LogP contribution in [0.1, 0.15) is 54.9 Å². The Labute approximate surface area is 197 Å². The van der Waals surface area contributed by atoms with Crippen molar-refractivity contribution in [1.29, 1.82) is 0 Å². The van der Waals surface area contributed by atoms with Crippen molar-refractivity contribution in [2.45, 2.75) is 96.0 Å². The van der Waals surface area contributed by atoms with Crippen LogP contribution in [0.4, 0.5) is 0 Å². The molecule has 1 unspecified atom stereocenters. The van der Waals surface area contributed by atoms with Crippen LogP contribution in [0, 0.1) is 11.8 Å². The third-order valence-electron chi connectivity index (χ3n) is 7.29. The fourth-order valence-corrected chi connectivity index (χ4v) is 11.2. The number of hydrogen-bond acceptors (Lipinski definition) is 3. The third kappa shape index (κ3) is 9.24. The van der Waals surface area contributed by atoms with Gasteiger partial charge in [0.25, 0.3) is 0 Å². The predicted molar refractivity (Wildman–Crippen MR) is 141 cm³/mol. The number of hydrogen-bond donors (Lipinski definition) is 0. The molecule has 1 aromatic rings. The molecule has 0 aliphatic rings. The van der Waals surface area contributed by atoms with Gasteiger partial charge in [-0.3, -0.25) is 4.21 Å². The second-order valence-electron chi connectivity index (χ2n) is 9.14. The summed E-state index contributed by atoms with van der Waals surface area (Å²) in [6, 6.07) is 16.9. The predicted octanol–water partition coefficient (Wildman–Crippen LogP) is 7.48. The molecule has 0 aliphatic carbocycles. The molecule has 0 bridgehead atoms. The summed E-state index contributed by atoms with van der Waals surface area (Å²) in [5.74, 6) is 1.43. The van der Waals surface area contributed by atoms with Gasteiger partial charge in [-0.05, 0) is 66.7 Å². The first-order chi connectivity index (χ1) is 14.8. The smallest absolute Gasteiger partial charge is 0.191 e. The zero-order valence-corrected chi connectivity index (χ0v) is 24.1. The van der Waals surface area contributed by atoms with Crippen LogP contribution in [-0.4, -0.2) is 39.8 Å². The van der Waals surface area contributed by atoms with Crippen molar-refractivity contribution in [2.24, 2.45) is 11.8 Å². The van der Waals surface area contributed by atoms with Gasteiger partial charge in [-0.25, -0.2) is 0 Å². The van der Waals surface area contributed by atoms with Gasteiger partial charge >= 0.3 is 0 Å². The summed E-state index contributed by atoms with van der Waals surface area (Å²) in [5.41, 5.74) is 0. The van der Waals surface area contributed by atoms with E-state index >= 15 is 0 Å². The van der Waals surface area contributed by atoms with Crippen molar-refractivity contribution in [3.8, 4) is 0 Å². The Balaban J connectivity index is 2.84. The summed E-state index contributed by atoms with van der Waals surface area (Å²) in [7, 11) is -4.20. The molecule has 0 amide bonds. The van der Waals surface area contributed by atoms with Crippen molar-refractivity contribution in [2.75, 3.05) is 19.0 Å². The Hall–Kier alpha value is -0.276. The van der Waals surface area contributed by atoms with E-state index in [1.54, 1.807) is 0 Å². The second kappa shape index (κ2) is 14.8. The van der Waals surface area contributed by atoms with Crippen LogP contribution >= 0.6 is 0 Å². The van der Waals surface area contributed by atoms with Crippen LogP contribution in [0.15, 0.2) is 35.2 Å². The van der Waals surface area contributed by atoms with Gasteiger partial charge in [0, 0.05) is 23.9 Å². The second-order valence-corrected chi connectivity index (χ2v) is 20.2. The molecule has 0 heterocycles. The van der Waals surface area contributed by atoms with E-state index in [2.05, 4.69) is 48.5 Å². The lowest BCUT2D eigenvalue weighted by Gasteiger charge is -2.32. The Kier molecular flexibility index (Phi) is 13.7. The molecule has 0 aromatic heterocycles. The Morgan fingerprint density at radius 3 is 1.68 bits per heavy atom. The van der Waals surface area contributed by atoms with Gasteiger partial charge in [-0.15, -0.1) is 0 Å². The van der Waals surface area contributed by atoms with E-state index in [0.717, 1.165) is 42.7 Å². The first-order valence-corrected chi connectivity index (χ1v) is 18.9. The molecule has 0 N–H and O–H groups in total. The molecule has 0 saturated heterocycles. The lowest BCUT2D eigenvalue weighted by molar-refractivity contribution is 0.187. The molecule has 0 saturated carbocycles. The molecule has 180 valence electrons. The van der Waals surface area contributed by atoms with Gasteiger partial charge in [-0.2, -0.15) is 0 Å². The van der Waals surface area contributed by atoms with E-state index in [1.807, 2.05) is 30.3 Å². The molecule has 0 aliphatic heterocycles. The van der Waals surface area contributed by atoms with E-state index in [0.29, 0.717) is 17.6 Å². The first kappa shape index (κ1) is 28.8. The molecule has 1 rings (SSSR count). The normalized spacial score (nSPS) is 15.6. The average molecular weight is 485 g/mol. The van der Waals surface area contributed by atoms with Gasteiger partial charge in [0.2, 0.25) is 0 Å². The van der Waals surface area contributed by atoms with E-state index in [9.17, 15) is 4.21 Å². The van der Waals surface area contributed by atoms with Gasteiger partial charge in [-0.1, -0.05) is 66.7 Å². The van der Waals surface area contributed by atoms with Crippen LogP contribution in [0.3, 0.4) is 0 Å². The lowest BCUT2D eigenvalue weighted by atomic mass is 9.99. The maximum atomic E-state index is 13.1. The minimum Gasteiger partial charge on any atom is -0.417 e. The molecule has 3 atom stereocenters. The monoisotopic (exact) mass is 484 g/mol. The van der Waals surface area contributed by atoms with E-state index in [4.69, 9.17) is 8.85 Å². The molecular formula is C25H48O3SSi2. The fourth-order valence-electron chi connectivity index (χ4n) is 4.43. The molecule has 6 heteroatoms. The number of rotatable bonds is 17. The Morgan fingerprint density at radius 2 is 1.23 bits per heavy atom. The topological polar surface area (TPSA) is 35.5 Å². The van der Waals surface area contributed by atoms with Crippen molar-refractivity contribution < 1.29 is 13.1 Å². The zero-order valence-electron chi connectivity index (χ0n) is 21.2. The summed E-state index contributed by atoms with van der Waals surface area (Å²) in [4.78, 5) is 0.927. The van der Waals surface area contributed by atoms with Gasteiger partial charge < -0.3 is 8.85 Å². The van der Waals surface area contributed by atoms with Crippen molar-refractivity contribution in [3.63, 3.8) is 0 Å². The third-order valence-corrected chi connectivity index (χ3v) is 18.2. The van der Waals surface area contributed by atoms with Crippen LogP contribution in [0.25, 0.3) is 0 Å². The van der Waals surface area contributed by atoms with Crippen LogP contribution in [0.5, 0.6) is 0 Å². The summed E-state index contributed by atoms with van der Waals surface area (Å²) in [6.07, 6.45) is 1.02. The highest BCUT2D eigenvalue weighted by molar-refractivity contribution is 7.85. The Bertz CT molecular complexity index is 602. The van der Waals surface area contributed by atoms with E-state index in [-0.39, 0.29) is 0 Å². The van der Waals surface area contributed by atoms with Gasteiger partial charge in [0.1, 0.15) is 0 Å². The van der Waals surface area contributed by atoms with Crippen molar-refractivity contribution in [1.82, 2.24) is 0 Å². The molecule has 0 fully saturated rings. The first-order valence-electron chi connectivity index (χ1n) is 12.5. The van der Waals surface area contributed by atoms with E-state index in [1.165, 1.54) is 18.1 Å². The lowest BCUT2D eigenvalue weighted by Crippen LogP contribution is -2.39. The minimum absolute atomic E-state index is 0.303. The zero-order chi connectivity index (χ0) is 23.3. The summed E-state index contributed by atoms with van der Waals surface area (Å²) in [6.45, 7) is 17.5. The summed E-state index contributed by atoms with van der Waals surface area (Å²) >= 11 is 0. The summed E-state index contributed by atoms with van der Waals surface area (Å²) in [5, 5.41) is 0. The van der Waals surface area contributed by atoms with Gasteiger partial charge in [0.05, 0.1) is 10.8 Å². The van der Waals surface area contributed by atoms with Crippen molar-refractivity contribution in [3.05, 3.63) is 30.3 Å². The fraction of sp³-hybridized carbons (Fsp3) is 0.760. The molecule has 31 heavy (non-hydrogen) atoms. The van der Waals surface area contributed by atoms with Crippen LogP contribution in [-0.2, 0) is 19.7 Å². The quantitative estimate of drug-likeness (QED) is 0.215. The van der Waals surface area contributed by atoms with Crippen LogP contribution < -0.4 is 0 Å². The molecule has 3 nitrogen and oxygen atoms in total. The van der Waals surface area contributed by atoms with Gasteiger partial charge in [0.15, 0.2) is 16.6 Å². The maximum Gasteiger partial charge on any atom is 0.191 e. The minimum atomic E-state index is -1.65. The van der Waals surface area contributed by atoms with E-state index < -0.39 is 27.4 Å². The highest BCUT2D eigenvalue weighted by atomic mass is 32.2. The van der Waals surface area contributed by atoms with Crippen LogP contribution in [0.2, 0.25) is 36.3 Å². The maximum absolute atomic E-state index is 13.1. The number of benzene rings is 1.